The molecule has 1 aliphatic heterocycles. The summed E-state index contributed by atoms with van der Waals surface area (Å²) in [6.07, 6.45) is 2.98. The third kappa shape index (κ3) is 5.55. The zero-order valence-corrected chi connectivity index (χ0v) is 17.5. The third-order valence-electron chi connectivity index (χ3n) is 5.42. The van der Waals surface area contributed by atoms with Crippen molar-refractivity contribution in [3.8, 4) is 11.4 Å². The molecule has 0 unspecified atom stereocenters. The Morgan fingerprint density at radius 3 is 2.67 bits per heavy atom. The van der Waals surface area contributed by atoms with Gasteiger partial charge in [-0.1, -0.05) is 42.5 Å². The number of aromatic amines is 1. The first-order valence-electron chi connectivity index (χ1n) is 10.6. The molecule has 2 aromatic carbocycles. The van der Waals surface area contributed by atoms with Gasteiger partial charge < -0.3 is 10.3 Å². The maximum atomic E-state index is 12.4. The zero-order chi connectivity index (χ0) is 20.8. The van der Waals surface area contributed by atoms with Crippen LogP contribution in [0.4, 0.5) is 5.69 Å². The molecule has 2 heterocycles. The van der Waals surface area contributed by atoms with Crippen molar-refractivity contribution in [1.82, 2.24) is 19.8 Å². The van der Waals surface area contributed by atoms with Crippen molar-refractivity contribution in [2.24, 2.45) is 0 Å². The number of nitrogens with one attached hydrogen (secondary N) is 2. The van der Waals surface area contributed by atoms with Gasteiger partial charge in [0.15, 0.2) is 0 Å². The molecule has 2 N–H and O–H groups in total. The maximum Gasteiger partial charge on any atom is 0.238 e. The zero-order valence-electron chi connectivity index (χ0n) is 17.5. The van der Waals surface area contributed by atoms with Crippen molar-refractivity contribution < 1.29 is 4.79 Å². The van der Waals surface area contributed by atoms with E-state index in [1.54, 1.807) is 0 Å². The molecule has 1 amide bonds. The molecule has 156 valence electrons. The Balaban J connectivity index is 1.27. The lowest BCUT2D eigenvalue weighted by Crippen LogP contribution is -2.36. The summed E-state index contributed by atoms with van der Waals surface area (Å²) in [6, 6.07) is 18.1. The van der Waals surface area contributed by atoms with Crippen LogP contribution in [0.1, 0.15) is 17.7 Å². The highest BCUT2D eigenvalue weighted by molar-refractivity contribution is 5.92. The minimum Gasteiger partial charge on any atom is -0.341 e. The number of carbonyl (C=O) groups is 1. The number of amides is 1. The molecule has 30 heavy (non-hydrogen) atoms. The first-order valence-corrected chi connectivity index (χ1v) is 10.6. The molecular formula is C24H29N5O. The molecule has 0 spiro atoms. The normalized spacial score (nSPS) is 15.6. The van der Waals surface area contributed by atoms with Crippen molar-refractivity contribution >= 4 is 11.6 Å². The van der Waals surface area contributed by atoms with Crippen LogP contribution in [-0.2, 0) is 11.3 Å². The van der Waals surface area contributed by atoms with Crippen molar-refractivity contribution in [3.05, 3.63) is 72.1 Å². The van der Waals surface area contributed by atoms with Gasteiger partial charge >= 0.3 is 0 Å². The Bertz CT molecular complexity index is 968. The summed E-state index contributed by atoms with van der Waals surface area (Å²) < 4.78 is 0. The highest BCUT2D eigenvalue weighted by Gasteiger charge is 2.18. The van der Waals surface area contributed by atoms with Gasteiger partial charge in [0.2, 0.25) is 5.91 Å². The van der Waals surface area contributed by atoms with E-state index in [9.17, 15) is 4.79 Å². The Morgan fingerprint density at radius 1 is 1.03 bits per heavy atom. The van der Waals surface area contributed by atoms with E-state index in [0.29, 0.717) is 6.54 Å². The number of aromatic nitrogens is 2. The Morgan fingerprint density at radius 2 is 1.83 bits per heavy atom. The largest absolute Gasteiger partial charge is 0.341 e. The highest BCUT2D eigenvalue weighted by atomic mass is 16.2. The molecule has 1 saturated heterocycles. The fraction of sp³-hybridized carbons (Fsp3) is 0.333. The second-order valence-electron chi connectivity index (χ2n) is 7.95. The van der Waals surface area contributed by atoms with Gasteiger partial charge in [-0.15, -0.1) is 0 Å². The number of imidazole rings is 1. The molecule has 1 aliphatic rings. The fourth-order valence-corrected chi connectivity index (χ4v) is 3.89. The van der Waals surface area contributed by atoms with Crippen LogP contribution in [0.3, 0.4) is 0 Å². The Hall–Kier alpha value is -2.96. The minimum atomic E-state index is 0.0510. The molecule has 4 rings (SSSR count). The lowest BCUT2D eigenvalue weighted by Gasteiger charge is -2.21. The van der Waals surface area contributed by atoms with Crippen LogP contribution in [0.25, 0.3) is 11.4 Å². The lowest BCUT2D eigenvalue weighted by molar-refractivity contribution is -0.117. The van der Waals surface area contributed by atoms with Gasteiger partial charge in [-0.25, -0.2) is 4.98 Å². The topological polar surface area (TPSA) is 64.3 Å². The summed E-state index contributed by atoms with van der Waals surface area (Å²) >= 11 is 0. The van der Waals surface area contributed by atoms with Crippen molar-refractivity contribution in [1.29, 1.82) is 0 Å². The van der Waals surface area contributed by atoms with Crippen LogP contribution >= 0.6 is 0 Å². The molecular weight excluding hydrogens is 374 g/mol. The minimum absolute atomic E-state index is 0.0510. The number of H-pyrrole nitrogens is 1. The monoisotopic (exact) mass is 403 g/mol. The number of aryl methyl sites for hydroxylation is 1. The van der Waals surface area contributed by atoms with Crippen LogP contribution < -0.4 is 5.32 Å². The standard InChI is InChI=1S/C24H29N5O/c1-19-7-5-10-21(15-19)26-23(30)18-29-12-6-11-28(13-14-29)17-22-16-25-24(27-22)20-8-3-2-4-9-20/h2-5,7-10,15-16H,6,11-14,17-18H2,1H3,(H,25,27)(H,26,30). The van der Waals surface area contributed by atoms with E-state index >= 15 is 0 Å². The van der Waals surface area contributed by atoms with E-state index in [-0.39, 0.29) is 5.91 Å². The van der Waals surface area contributed by atoms with E-state index in [1.807, 2.05) is 55.6 Å². The van der Waals surface area contributed by atoms with Gasteiger partial charge in [-0.2, -0.15) is 0 Å². The molecule has 0 atom stereocenters. The molecule has 0 saturated carbocycles. The summed E-state index contributed by atoms with van der Waals surface area (Å²) in [5.41, 5.74) is 4.24. The van der Waals surface area contributed by atoms with Gasteiger partial charge in [-0.05, 0) is 44.1 Å². The maximum absolute atomic E-state index is 12.4. The SMILES string of the molecule is Cc1cccc(NC(=O)CN2CCCN(Cc3cnc(-c4ccccc4)[nH]3)CC2)c1. The number of hydrogen-bond acceptors (Lipinski definition) is 4. The smallest absolute Gasteiger partial charge is 0.238 e. The summed E-state index contributed by atoms with van der Waals surface area (Å²) in [7, 11) is 0. The van der Waals surface area contributed by atoms with Gasteiger partial charge in [0.25, 0.3) is 0 Å². The number of anilines is 1. The number of carbonyl (C=O) groups excluding carboxylic acids is 1. The van der Waals surface area contributed by atoms with Gasteiger partial charge in [-0.3, -0.25) is 14.6 Å². The highest BCUT2D eigenvalue weighted by Crippen LogP contribution is 2.16. The Kier molecular flexibility index (Phi) is 6.57. The number of nitrogens with zero attached hydrogens (tertiary/aromatic N) is 3. The molecule has 0 bridgehead atoms. The van der Waals surface area contributed by atoms with Crippen LogP contribution in [-0.4, -0.2) is 58.4 Å². The molecule has 3 aromatic rings. The van der Waals surface area contributed by atoms with Crippen molar-refractivity contribution in [3.63, 3.8) is 0 Å². The van der Waals surface area contributed by atoms with E-state index in [1.165, 1.54) is 0 Å². The van der Waals surface area contributed by atoms with Gasteiger partial charge in [0.1, 0.15) is 5.82 Å². The molecule has 0 radical (unpaired) electrons. The molecule has 6 nitrogen and oxygen atoms in total. The summed E-state index contributed by atoms with van der Waals surface area (Å²) in [5.74, 6) is 0.963. The molecule has 1 aromatic heterocycles. The lowest BCUT2D eigenvalue weighted by atomic mass is 10.2. The summed E-state index contributed by atoms with van der Waals surface area (Å²) in [4.78, 5) is 25.1. The fourth-order valence-electron chi connectivity index (χ4n) is 3.89. The number of rotatable bonds is 6. The van der Waals surface area contributed by atoms with E-state index in [2.05, 4.69) is 37.2 Å². The average molecular weight is 404 g/mol. The predicted octanol–water partition coefficient (Wildman–Crippen LogP) is 3.53. The van der Waals surface area contributed by atoms with Crippen LogP contribution in [0, 0.1) is 6.92 Å². The van der Waals surface area contributed by atoms with Crippen LogP contribution in [0.2, 0.25) is 0 Å². The van der Waals surface area contributed by atoms with E-state index in [0.717, 1.165) is 67.5 Å². The Labute approximate surface area is 177 Å². The van der Waals surface area contributed by atoms with Gasteiger partial charge in [0, 0.05) is 42.8 Å². The molecule has 6 heteroatoms. The van der Waals surface area contributed by atoms with E-state index in [4.69, 9.17) is 0 Å². The summed E-state index contributed by atoms with van der Waals surface area (Å²) in [5, 5.41) is 3.01. The first-order chi connectivity index (χ1) is 14.7. The van der Waals surface area contributed by atoms with Crippen molar-refractivity contribution in [2.75, 3.05) is 38.0 Å². The second-order valence-corrected chi connectivity index (χ2v) is 7.95. The van der Waals surface area contributed by atoms with Crippen LogP contribution in [0.15, 0.2) is 60.8 Å². The third-order valence-corrected chi connectivity index (χ3v) is 5.42. The summed E-state index contributed by atoms with van der Waals surface area (Å²) in [6.45, 7) is 7.11. The average Bonchev–Trinajstić information content (AvgIpc) is 3.10. The van der Waals surface area contributed by atoms with E-state index < -0.39 is 0 Å². The predicted molar refractivity (Wildman–Crippen MR) is 120 cm³/mol. The second kappa shape index (κ2) is 9.69. The number of hydrogen-bond donors (Lipinski definition) is 2. The first kappa shape index (κ1) is 20.3. The molecule has 0 aliphatic carbocycles. The van der Waals surface area contributed by atoms with Gasteiger partial charge in [0.05, 0.1) is 6.54 Å². The van der Waals surface area contributed by atoms with Crippen LogP contribution in [0.5, 0.6) is 0 Å². The number of benzene rings is 2. The molecule has 1 fully saturated rings. The quantitative estimate of drug-likeness (QED) is 0.661. The van der Waals surface area contributed by atoms with Crippen molar-refractivity contribution in [2.45, 2.75) is 19.9 Å².